The van der Waals surface area contributed by atoms with Crippen molar-refractivity contribution in [3.63, 3.8) is 0 Å². The summed E-state index contributed by atoms with van der Waals surface area (Å²) in [6, 6.07) is 4.96. The zero-order valence-electron chi connectivity index (χ0n) is 11.5. The van der Waals surface area contributed by atoms with Gasteiger partial charge in [-0.1, -0.05) is 15.9 Å². The topological polar surface area (TPSA) is 64.0 Å². The van der Waals surface area contributed by atoms with Crippen LogP contribution in [0.5, 0.6) is 0 Å². The predicted octanol–water partition coefficient (Wildman–Crippen LogP) is 2.28. The van der Waals surface area contributed by atoms with E-state index in [1.807, 2.05) is 27.1 Å². The molecule has 5 nitrogen and oxygen atoms in total. The molecule has 0 saturated heterocycles. The summed E-state index contributed by atoms with van der Waals surface area (Å²) in [5.41, 5.74) is 2.57. The lowest BCUT2D eigenvalue weighted by atomic mass is 10.2. The third kappa shape index (κ3) is 3.28. The number of sulfonamides is 1. The molecule has 0 aliphatic rings. The molecule has 108 valence electrons. The molecule has 0 spiro atoms. The highest BCUT2D eigenvalue weighted by Gasteiger charge is 2.15. The number of hydrogen-bond acceptors (Lipinski definition) is 3. The van der Waals surface area contributed by atoms with Gasteiger partial charge in [0.05, 0.1) is 10.6 Å². The molecule has 0 atom stereocenters. The van der Waals surface area contributed by atoms with Crippen LogP contribution in [0.3, 0.4) is 0 Å². The number of aryl methyl sites for hydroxylation is 3. The van der Waals surface area contributed by atoms with Gasteiger partial charge < -0.3 is 0 Å². The van der Waals surface area contributed by atoms with Crippen molar-refractivity contribution in [1.29, 1.82) is 0 Å². The first-order valence-corrected chi connectivity index (χ1v) is 8.32. The molecule has 0 amide bonds. The minimum Gasteiger partial charge on any atom is -0.275 e. The van der Waals surface area contributed by atoms with Crippen LogP contribution in [0, 0.1) is 13.8 Å². The van der Waals surface area contributed by atoms with E-state index < -0.39 is 10.0 Å². The van der Waals surface area contributed by atoms with Gasteiger partial charge in [-0.15, -0.1) is 0 Å². The Balaban J connectivity index is 2.19. The zero-order valence-corrected chi connectivity index (χ0v) is 13.9. The molecule has 7 heteroatoms. The minimum absolute atomic E-state index is 0.233. The summed E-state index contributed by atoms with van der Waals surface area (Å²) in [6.45, 7) is 3.94. The van der Waals surface area contributed by atoms with Crippen molar-refractivity contribution in [2.24, 2.45) is 7.05 Å². The van der Waals surface area contributed by atoms with Crippen molar-refractivity contribution in [1.82, 2.24) is 14.5 Å². The van der Waals surface area contributed by atoms with Crippen molar-refractivity contribution in [3.05, 3.63) is 45.7 Å². The zero-order chi connectivity index (χ0) is 14.9. The lowest BCUT2D eigenvalue weighted by Crippen LogP contribution is -2.23. The van der Waals surface area contributed by atoms with E-state index in [4.69, 9.17) is 0 Å². The first-order chi connectivity index (χ1) is 9.29. The van der Waals surface area contributed by atoms with Gasteiger partial charge in [0, 0.05) is 29.8 Å². The van der Waals surface area contributed by atoms with Crippen LogP contribution in [0.1, 0.15) is 16.8 Å². The van der Waals surface area contributed by atoms with E-state index in [9.17, 15) is 8.42 Å². The average molecular weight is 358 g/mol. The van der Waals surface area contributed by atoms with Crippen LogP contribution >= 0.6 is 15.9 Å². The maximum absolute atomic E-state index is 12.2. The Morgan fingerprint density at radius 3 is 2.60 bits per heavy atom. The van der Waals surface area contributed by atoms with Crippen LogP contribution in [-0.2, 0) is 23.6 Å². The fourth-order valence-corrected chi connectivity index (χ4v) is 3.20. The van der Waals surface area contributed by atoms with Gasteiger partial charge >= 0.3 is 0 Å². The number of aromatic nitrogens is 2. The van der Waals surface area contributed by atoms with Crippen molar-refractivity contribution in [2.75, 3.05) is 0 Å². The Bertz CT molecular complexity index is 738. The largest absolute Gasteiger partial charge is 0.275 e. The highest BCUT2D eigenvalue weighted by Crippen LogP contribution is 2.20. The molecule has 0 aliphatic heterocycles. The van der Waals surface area contributed by atoms with Crippen LogP contribution in [0.25, 0.3) is 0 Å². The van der Waals surface area contributed by atoms with Crippen LogP contribution in [0.15, 0.2) is 33.8 Å². The van der Waals surface area contributed by atoms with Gasteiger partial charge in [0.25, 0.3) is 0 Å². The van der Waals surface area contributed by atoms with Gasteiger partial charge in [0.15, 0.2) is 0 Å². The summed E-state index contributed by atoms with van der Waals surface area (Å²) in [5.74, 6) is 0. The molecule has 20 heavy (non-hydrogen) atoms. The summed E-state index contributed by atoms with van der Waals surface area (Å²) < 4.78 is 29.6. The normalized spacial score (nSPS) is 11.8. The average Bonchev–Trinajstić information content (AvgIpc) is 2.69. The molecule has 0 saturated carbocycles. The van der Waals surface area contributed by atoms with Crippen molar-refractivity contribution in [3.8, 4) is 0 Å². The van der Waals surface area contributed by atoms with Gasteiger partial charge in [-0.25, -0.2) is 13.1 Å². The Labute approximate surface area is 127 Å². The number of rotatable bonds is 4. The smallest absolute Gasteiger partial charge is 0.240 e. The van der Waals surface area contributed by atoms with Crippen molar-refractivity contribution >= 4 is 26.0 Å². The number of halogens is 1. The van der Waals surface area contributed by atoms with E-state index in [1.165, 1.54) is 0 Å². The first kappa shape index (κ1) is 15.2. The van der Waals surface area contributed by atoms with E-state index in [-0.39, 0.29) is 11.4 Å². The fraction of sp³-hybridized carbons (Fsp3) is 0.308. The summed E-state index contributed by atoms with van der Waals surface area (Å²) in [6.07, 6.45) is 1.81. The Morgan fingerprint density at radius 1 is 1.35 bits per heavy atom. The van der Waals surface area contributed by atoms with E-state index in [1.54, 1.807) is 22.9 Å². The monoisotopic (exact) mass is 357 g/mol. The molecule has 0 fully saturated rings. The molecule has 1 N–H and O–H groups in total. The summed E-state index contributed by atoms with van der Waals surface area (Å²) >= 11 is 3.36. The Hall–Kier alpha value is -1.18. The SMILES string of the molecule is Cc1cc(S(=O)(=O)NCc2cn(C)nc2C)ccc1Br. The van der Waals surface area contributed by atoms with Crippen molar-refractivity contribution in [2.45, 2.75) is 25.3 Å². The van der Waals surface area contributed by atoms with Crippen LogP contribution in [0.2, 0.25) is 0 Å². The molecule has 1 heterocycles. The van der Waals surface area contributed by atoms with Crippen LogP contribution in [0.4, 0.5) is 0 Å². The highest BCUT2D eigenvalue weighted by molar-refractivity contribution is 9.10. The minimum atomic E-state index is -3.51. The van der Waals surface area contributed by atoms with Gasteiger partial charge in [0.1, 0.15) is 0 Å². The summed E-state index contributed by atoms with van der Waals surface area (Å²) in [5, 5.41) is 4.19. The van der Waals surface area contributed by atoms with Gasteiger partial charge in [-0.05, 0) is 37.6 Å². The van der Waals surface area contributed by atoms with E-state index >= 15 is 0 Å². The Morgan fingerprint density at radius 2 is 2.05 bits per heavy atom. The second kappa shape index (κ2) is 5.67. The number of benzene rings is 1. The quantitative estimate of drug-likeness (QED) is 0.912. The molecule has 1 aromatic heterocycles. The number of hydrogen-bond donors (Lipinski definition) is 1. The lowest BCUT2D eigenvalue weighted by molar-refractivity contribution is 0.581. The molecule has 2 rings (SSSR count). The maximum atomic E-state index is 12.2. The highest BCUT2D eigenvalue weighted by atomic mass is 79.9. The third-order valence-corrected chi connectivity index (χ3v) is 5.30. The van der Waals surface area contributed by atoms with Crippen LogP contribution < -0.4 is 4.72 Å². The maximum Gasteiger partial charge on any atom is 0.240 e. The Kier molecular flexibility index (Phi) is 4.31. The van der Waals surface area contributed by atoms with Crippen molar-refractivity contribution < 1.29 is 8.42 Å². The molecule has 0 radical (unpaired) electrons. The standard InChI is InChI=1S/C13H16BrN3O2S/c1-9-6-12(4-5-13(9)14)20(18,19)15-7-11-8-17(3)16-10(11)2/h4-6,8,15H,7H2,1-3H3. The summed E-state index contributed by atoms with van der Waals surface area (Å²) in [7, 11) is -1.70. The molecule has 0 unspecified atom stereocenters. The molecule has 0 aliphatic carbocycles. The fourth-order valence-electron chi connectivity index (χ4n) is 1.86. The number of nitrogens with zero attached hydrogens (tertiary/aromatic N) is 2. The van der Waals surface area contributed by atoms with E-state index in [0.717, 1.165) is 21.3 Å². The molecule has 2 aromatic rings. The molecular formula is C13H16BrN3O2S. The number of nitrogens with one attached hydrogen (secondary N) is 1. The van der Waals surface area contributed by atoms with Gasteiger partial charge in [0.2, 0.25) is 10.0 Å². The molecule has 1 aromatic carbocycles. The molecular weight excluding hydrogens is 342 g/mol. The van der Waals surface area contributed by atoms with Gasteiger partial charge in [-0.2, -0.15) is 5.10 Å². The second-order valence-electron chi connectivity index (χ2n) is 4.65. The second-order valence-corrected chi connectivity index (χ2v) is 7.27. The predicted molar refractivity (Wildman–Crippen MR) is 80.8 cm³/mol. The van der Waals surface area contributed by atoms with Crippen LogP contribution in [-0.4, -0.2) is 18.2 Å². The first-order valence-electron chi connectivity index (χ1n) is 6.04. The van der Waals surface area contributed by atoms with E-state index in [2.05, 4.69) is 25.8 Å². The lowest BCUT2D eigenvalue weighted by Gasteiger charge is -2.07. The summed E-state index contributed by atoms with van der Waals surface area (Å²) in [4.78, 5) is 0.264. The van der Waals surface area contributed by atoms with E-state index in [0.29, 0.717) is 0 Å². The molecule has 0 bridgehead atoms. The third-order valence-electron chi connectivity index (χ3n) is 3.01. The van der Waals surface area contributed by atoms with Gasteiger partial charge in [-0.3, -0.25) is 4.68 Å².